The predicted octanol–water partition coefficient (Wildman–Crippen LogP) is 2.37. The molecule has 2 aliphatic rings. The lowest BCUT2D eigenvalue weighted by molar-refractivity contribution is -0.138. The second kappa shape index (κ2) is 7.02. The SMILES string of the molecule is CN(C)C(C(=O)N1CCCC1C1CCCN1C)c1ccccc1. The number of likely N-dealkylation sites (N-methyl/N-ethyl adjacent to an activating group) is 2. The Balaban J connectivity index is 1.82. The van der Waals surface area contributed by atoms with Crippen molar-refractivity contribution in [2.24, 2.45) is 0 Å². The summed E-state index contributed by atoms with van der Waals surface area (Å²) in [5.41, 5.74) is 1.09. The summed E-state index contributed by atoms with van der Waals surface area (Å²) < 4.78 is 0. The molecular formula is C19H29N3O. The highest BCUT2D eigenvalue weighted by Gasteiger charge is 2.40. The van der Waals surface area contributed by atoms with Gasteiger partial charge in [-0.3, -0.25) is 9.69 Å². The molecule has 3 rings (SSSR count). The van der Waals surface area contributed by atoms with Gasteiger partial charge in [0.05, 0.1) is 0 Å². The van der Waals surface area contributed by atoms with Gasteiger partial charge in [-0.05, 0) is 58.9 Å². The molecule has 4 heteroatoms. The zero-order valence-electron chi connectivity index (χ0n) is 14.6. The third kappa shape index (κ3) is 3.29. The maximum atomic E-state index is 13.3. The van der Waals surface area contributed by atoms with Crippen molar-refractivity contribution in [2.75, 3.05) is 34.2 Å². The smallest absolute Gasteiger partial charge is 0.244 e. The summed E-state index contributed by atoms with van der Waals surface area (Å²) in [6.45, 7) is 2.07. The summed E-state index contributed by atoms with van der Waals surface area (Å²) >= 11 is 0. The number of amides is 1. The molecule has 0 bridgehead atoms. The van der Waals surface area contributed by atoms with E-state index in [0.717, 1.165) is 24.9 Å². The predicted molar refractivity (Wildman–Crippen MR) is 93.3 cm³/mol. The molecule has 126 valence electrons. The number of carbonyl (C=O) groups excluding carboxylic acids is 1. The van der Waals surface area contributed by atoms with Gasteiger partial charge in [-0.25, -0.2) is 0 Å². The second-order valence-electron chi connectivity index (χ2n) is 7.21. The lowest BCUT2D eigenvalue weighted by atomic mass is 10.0. The van der Waals surface area contributed by atoms with E-state index in [1.54, 1.807) is 0 Å². The summed E-state index contributed by atoms with van der Waals surface area (Å²) in [5.74, 6) is 0.268. The summed E-state index contributed by atoms with van der Waals surface area (Å²) in [6.07, 6.45) is 4.77. The van der Waals surface area contributed by atoms with Crippen molar-refractivity contribution < 1.29 is 4.79 Å². The van der Waals surface area contributed by atoms with Crippen LogP contribution in [0.15, 0.2) is 30.3 Å². The van der Waals surface area contributed by atoms with Gasteiger partial charge in [0, 0.05) is 18.6 Å². The van der Waals surface area contributed by atoms with E-state index < -0.39 is 0 Å². The van der Waals surface area contributed by atoms with Crippen LogP contribution in [0.4, 0.5) is 0 Å². The van der Waals surface area contributed by atoms with Gasteiger partial charge in [0.2, 0.25) is 5.91 Å². The summed E-state index contributed by atoms with van der Waals surface area (Å²) in [6, 6.07) is 10.9. The number of benzene rings is 1. The molecule has 3 atom stereocenters. The third-order valence-electron chi connectivity index (χ3n) is 5.47. The topological polar surface area (TPSA) is 26.8 Å². The lowest BCUT2D eigenvalue weighted by Gasteiger charge is -2.36. The van der Waals surface area contributed by atoms with E-state index in [1.165, 1.54) is 19.4 Å². The molecule has 4 nitrogen and oxygen atoms in total. The van der Waals surface area contributed by atoms with Gasteiger partial charge in [0.15, 0.2) is 0 Å². The largest absolute Gasteiger partial charge is 0.336 e. The first-order valence-electron chi connectivity index (χ1n) is 8.81. The Morgan fingerprint density at radius 1 is 1.09 bits per heavy atom. The highest BCUT2D eigenvalue weighted by molar-refractivity contribution is 5.84. The molecule has 1 aromatic carbocycles. The van der Waals surface area contributed by atoms with Crippen LogP contribution in [-0.2, 0) is 4.79 Å². The molecule has 2 heterocycles. The highest BCUT2D eigenvalue weighted by Crippen LogP contribution is 2.32. The molecule has 0 aromatic heterocycles. The first kappa shape index (κ1) is 16.5. The monoisotopic (exact) mass is 315 g/mol. The van der Waals surface area contributed by atoms with Gasteiger partial charge in [-0.15, -0.1) is 0 Å². The van der Waals surface area contributed by atoms with Crippen molar-refractivity contribution in [3.63, 3.8) is 0 Å². The van der Waals surface area contributed by atoms with Crippen LogP contribution in [-0.4, -0.2) is 66.9 Å². The van der Waals surface area contributed by atoms with Crippen molar-refractivity contribution in [3.8, 4) is 0 Å². The van der Waals surface area contributed by atoms with Crippen LogP contribution in [0.5, 0.6) is 0 Å². The maximum absolute atomic E-state index is 13.3. The van der Waals surface area contributed by atoms with E-state index >= 15 is 0 Å². The quantitative estimate of drug-likeness (QED) is 0.853. The van der Waals surface area contributed by atoms with Crippen LogP contribution >= 0.6 is 0 Å². The summed E-state index contributed by atoms with van der Waals surface area (Å²) in [5, 5.41) is 0. The second-order valence-corrected chi connectivity index (χ2v) is 7.21. The van der Waals surface area contributed by atoms with Gasteiger partial charge in [-0.2, -0.15) is 0 Å². The lowest BCUT2D eigenvalue weighted by Crippen LogP contribution is -2.50. The summed E-state index contributed by atoms with van der Waals surface area (Å²) in [4.78, 5) is 20.0. The minimum atomic E-state index is -0.177. The van der Waals surface area contributed by atoms with Gasteiger partial charge in [0.1, 0.15) is 6.04 Å². The van der Waals surface area contributed by atoms with E-state index in [9.17, 15) is 4.79 Å². The van der Waals surface area contributed by atoms with E-state index in [1.807, 2.05) is 37.2 Å². The van der Waals surface area contributed by atoms with Gasteiger partial charge in [0.25, 0.3) is 0 Å². The van der Waals surface area contributed by atoms with Crippen molar-refractivity contribution in [2.45, 2.75) is 43.8 Å². The molecule has 0 N–H and O–H groups in total. The minimum Gasteiger partial charge on any atom is -0.336 e. The molecule has 2 aliphatic heterocycles. The Labute approximate surface area is 140 Å². The molecule has 2 fully saturated rings. The van der Waals surface area contributed by atoms with Crippen LogP contribution < -0.4 is 0 Å². The average Bonchev–Trinajstić information content (AvgIpc) is 3.16. The van der Waals surface area contributed by atoms with Crippen LogP contribution in [0.25, 0.3) is 0 Å². The van der Waals surface area contributed by atoms with Gasteiger partial charge >= 0.3 is 0 Å². The zero-order chi connectivity index (χ0) is 16.4. The Morgan fingerprint density at radius 2 is 1.74 bits per heavy atom. The third-order valence-corrected chi connectivity index (χ3v) is 5.47. The molecule has 23 heavy (non-hydrogen) atoms. The molecule has 1 amide bonds. The molecular weight excluding hydrogens is 286 g/mol. The number of nitrogens with zero attached hydrogens (tertiary/aromatic N) is 3. The number of hydrogen-bond donors (Lipinski definition) is 0. The Kier molecular flexibility index (Phi) is 5.02. The maximum Gasteiger partial charge on any atom is 0.244 e. The van der Waals surface area contributed by atoms with Crippen LogP contribution in [0.1, 0.15) is 37.3 Å². The fourth-order valence-corrected chi connectivity index (χ4v) is 4.34. The van der Waals surface area contributed by atoms with Crippen LogP contribution in [0, 0.1) is 0 Å². The number of rotatable bonds is 4. The Morgan fingerprint density at radius 3 is 2.35 bits per heavy atom. The van der Waals surface area contributed by atoms with E-state index in [2.05, 4.69) is 29.0 Å². The first-order chi connectivity index (χ1) is 11.1. The van der Waals surface area contributed by atoms with Crippen molar-refractivity contribution in [3.05, 3.63) is 35.9 Å². The molecule has 2 saturated heterocycles. The normalized spacial score (nSPS) is 26.9. The van der Waals surface area contributed by atoms with E-state index in [0.29, 0.717) is 12.1 Å². The first-order valence-corrected chi connectivity index (χ1v) is 8.81. The van der Waals surface area contributed by atoms with Gasteiger partial charge < -0.3 is 9.80 Å². The van der Waals surface area contributed by atoms with Crippen molar-refractivity contribution >= 4 is 5.91 Å². The standard InChI is InChI=1S/C19H29N3O/c1-20(2)18(15-9-5-4-6-10-15)19(23)22-14-8-12-17(22)16-11-7-13-21(16)3/h4-6,9-10,16-18H,7-8,11-14H2,1-3H3. The minimum absolute atomic E-state index is 0.177. The Hall–Kier alpha value is -1.39. The van der Waals surface area contributed by atoms with Gasteiger partial charge in [-0.1, -0.05) is 30.3 Å². The summed E-state index contributed by atoms with van der Waals surface area (Å²) in [7, 11) is 6.21. The number of hydrogen-bond acceptors (Lipinski definition) is 3. The Bertz CT molecular complexity index is 531. The fourth-order valence-electron chi connectivity index (χ4n) is 4.34. The van der Waals surface area contributed by atoms with Crippen molar-refractivity contribution in [1.82, 2.24) is 14.7 Å². The molecule has 0 spiro atoms. The number of likely N-dealkylation sites (tertiary alicyclic amines) is 2. The van der Waals surface area contributed by atoms with E-state index in [-0.39, 0.29) is 11.9 Å². The van der Waals surface area contributed by atoms with Crippen molar-refractivity contribution in [1.29, 1.82) is 0 Å². The number of carbonyl (C=O) groups is 1. The molecule has 0 saturated carbocycles. The van der Waals surface area contributed by atoms with E-state index in [4.69, 9.17) is 0 Å². The fraction of sp³-hybridized carbons (Fsp3) is 0.632. The van der Waals surface area contributed by atoms with Crippen LogP contribution in [0.2, 0.25) is 0 Å². The molecule has 1 aromatic rings. The van der Waals surface area contributed by atoms with Crippen LogP contribution in [0.3, 0.4) is 0 Å². The molecule has 3 unspecified atom stereocenters. The molecule has 0 aliphatic carbocycles. The highest BCUT2D eigenvalue weighted by atomic mass is 16.2. The average molecular weight is 315 g/mol. The zero-order valence-corrected chi connectivity index (χ0v) is 14.6. The molecule has 0 radical (unpaired) electrons.